The Labute approximate surface area is 146 Å². The van der Waals surface area contributed by atoms with Gasteiger partial charge in [0.15, 0.2) is 0 Å². The second-order valence-electron chi connectivity index (χ2n) is 6.08. The number of hydrogen-bond acceptors (Lipinski definition) is 2. The summed E-state index contributed by atoms with van der Waals surface area (Å²) in [4.78, 5) is 13.4. The summed E-state index contributed by atoms with van der Waals surface area (Å²) in [6, 6.07) is 18.1. The first-order valence-corrected chi connectivity index (χ1v) is 9.10. The predicted molar refractivity (Wildman–Crippen MR) is 97.1 cm³/mol. The Hall–Kier alpha value is -1.45. The van der Waals surface area contributed by atoms with Crippen molar-refractivity contribution in [2.45, 2.75) is 35.3 Å². The molecule has 1 aliphatic carbocycles. The number of benzene rings is 2. The van der Waals surface area contributed by atoms with Crippen LogP contribution in [-0.2, 0) is 10.2 Å². The first kappa shape index (κ1) is 16.4. The normalized spacial score (nSPS) is 16.6. The van der Waals surface area contributed by atoms with Gasteiger partial charge in [0.2, 0.25) is 5.91 Å². The van der Waals surface area contributed by atoms with E-state index in [9.17, 15) is 4.79 Å². The molecule has 0 unspecified atom stereocenters. The Morgan fingerprint density at radius 3 is 2.43 bits per heavy atom. The van der Waals surface area contributed by atoms with E-state index in [2.05, 4.69) is 29.6 Å². The maximum absolute atomic E-state index is 12.4. The van der Waals surface area contributed by atoms with E-state index >= 15 is 0 Å². The first-order chi connectivity index (χ1) is 11.1. The second-order valence-corrected chi connectivity index (χ2v) is 7.93. The third-order valence-corrected chi connectivity index (χ3v) is 5.70. The van der Waals surface area contributed by atoms with Crippen molar-refractivity contribution in [3.05, 3.63) is 65.2 Å². The molecule has 0 heterocycles. The zero-order valence-corrected chi connectivity index (χ0v) is 14.7. The molecule has 0 saturated heterocycles. The minimum atomic E-state index is -0.122. The van der Waals surface area contributed by atoms with Gasteiger partial charge in [-0.05, 0) is 49.6 Å². The SMILES string of the molecule is C[C@H](Sc1ccc(Cl)cc1)C(=O)NCC1(c2ccccc2)CC1. The monoisotopic (exact) mass is 345 g/mol. The number of nitrogens with one attached hydrogen (secondary N) is 1. The van der Waals surface area contributed by atoms with Crippen molar-refractivity contribution < 1.29 is 4.79 Å². The maximum atomic E-state index is 12.4. The van der Waals surface area contributed by atoms with Crippen molar-refractivity contribution in [3.8, 4) is 0 Å². The lowest BCUT2D eigenvalue weighted by Gasteiger charge is -2.18. The van der Waals surface area contributed by atoms with Crippen LogP contribution in [0.1, 0.15) is 25.3 Å². The maximum Gasteiger partial charge on any atom is 0.233 e. The van der Waals surface area contributed by atoms with Crippen LogP contribution in [0.5, 0.6) is 0 Å². The van der Waals surface area contributed by atoms with Gasteiger partial charge in [-0.2, -0.15) is 0 Å². The summed E-state index contributed by atoms with van der Waals surface area (Å²) in [7, 11) is 0. The number of hydrogen-bond donors (Lipinski definition) is 1. The van der Waals surface area contributed by atoms with Crippen molar-refractivity contribution in [1.82, 2.24) is 5.32 Å². The molecule has 1 aliphatic rings. The van der Waals surface area contributed by atoms with Gasteiger partial charge < -0.3 is 5.32 Å². The van der Waals surface area contributed by atoms with Crippen LogP contribution >= 0.6 is 23.4 Å². The Morgan fingerprint density at radius 1 is 1.17 bits per heavy atom. The minimum Gasteiger partial charge on any atom is -0.354 e. The van der Waals surface area contributed by atoms with Gasteiger partial charge in [-0.15, -0.1) is 11.8 Å². The molecule has 2 aromatic carbocycles. The summed E-state index contributed by atoms with van der Waals surface area (Å²) in [5.41, 5.74) is 1.49. The zero-order valence-electron chi connectivity index (χ0n) is 13.1. The van der Waals surface area contributed by atoms with Crippen LogP contribution in [-0.4, -0.2) is 17.7 Å². The standard InChI is InChI=1S/C19H20ClNOS/c1-14(23-17-9-7-16(20)8-10-17)18(22)21-13-19(11-12-19)15-5-3-2-4-6-15/h2-10,14H,11-13H2,1H3,(H,21,22)/t14-/m0/s1. The molecule has 0 radical (unpaired) electrons. The molecule has 1 N–H and O–H groups in total. The highest BCUT2D eigenvalue weighted by Gasteiger charge is 2.44. The van der Waals surface area contributed by atoms with Gasteiger partial charge in [0, 0.05) is 21.9 Å². The van der Waals surface area contributed by atoms with E-state index in [1.807, 2.05) is 37.3 Å². The third kappa shape index (κ3) is 4.10. The summed E-state index contributed by atoms with van der Waals surface area (Å²) in [6.07, 6.45) is 2.30. The Morgan fingerprint density at radius 2 is 1.83 bits per heavy atom. The molecule has 2 aromatic rings. The molecular weight excluding hydrogens is 326 g/mol. The molecule has 3 rings (SSSR count). The summed E-state index contributed by atoms with van der Waals surface area (Å²) in [6.45, 7) is 2.66. The average molecular weight is 346 g/mol. The number of rotatable bonds is 6. The van der Waals surface area contributed by atoms with Crippen LogP contribution < -0.4 is 5.32 Å². The zero-order chi connectivity index (χ0) is 16.3. The topological polar surface area (TPSA) is 29.1 Å². The molecule has 120 valence electrons. The third-order valence-electron chi connectivity index (χ3n) is 4.34. The van der Waals surface area contributed by atoms with E-state index < -0.39 is 0 Å². The molecule has 23 heavy (non-hydrogen) atoms. The lowest BCUT2D eigenvalue weighted by Crippen LogP contribution is -2.36. The van der Waals surface area contributed by atoms with Gasteiger partial charge in [-0.1, -0.05) is 41.9 Å². The molecule has 0 spiro atoms. The van der Waals surface area contributed by atoms with E-state index in [1.165, 1.54) is 5.56 Å². The summed E-state index contributed by atoms with van der Waals surface area (Å²) in [5, 5.41) is 3.72. The van der Waals surface area contributed by atoms with Gasteiger partial charge >= 0.3 is 0 Å². The number of carbonyl (C=O) groups excluding carboxylic acids is 1. The van der Waals surface area contributed by atoms with Gasteiger partial charge in [0.1, 0.15) is 0 Å². The first-order valence-electron chi connectivity index (χ1n) is 7.85. The van der Waals surface area contributed by atoms with E-state index in [4.69, 9.17) is 11.6 Å². The molecule has 1 amide bonds. The molecule has 2 nitrogen and oxygen atoms in total. The highest BCUT2D eigenvalue weighted by molar-refractivity contribution is 8.00. The highest BCUT2D eigenvalue weighted by Crippen LogP contribution is 2.47. The van der Waals surface area contributed by atoms with Crippen LogP contribution in [0, 0.1) is 0 Å². The number of halogens is 1. The highest BCUT2D eigenvalue weighted by atomic mass is 35.5. The fraction of sp³-hybridized carbons (Fsp3) is 0.316. The van der Waals surface area contributed by atoms with Crippen molar-refractivity contribution in [2.24, 2.45) is 0 Å². The number of carbonyl (C=O) groups is 1. The molecule has 1 saturated carbocycles. The van der Waals surface area contributed by atoms with Crippen molar-refractivity contribution in [1.29, 1.82) is 0 Å². The fourth-order valence-corrected chi connectivity index (χ4v) is 3.70. The van der Waals surface area contributed by atoms with Crippen LogP contribution in [0.4, 0.5) is 0 Å². The Balaban J connectivity index is 1.54. The Kier molecular flexibility index (Phi) is 4.98. The van der Waals surface area contributed by atoms with E-state index in [-0.39, 0.29) is 16.6 Å². The number of thioether (sulfide) groups is 1. The van der Waals surface area contributed by atoms with Crippen molar-refractivity contribution in [2.75, 3.05) is 6.54 Å². The molecule has 1 fully saturated rings. The quantitative estimate of drug-likeness (QED) is 0.771. The second kappa shape index (κ2) is 6.98. The van der Waals surface area contributed by atoms with Crippen LogP contribution in [0.2, 0.25) is 5.02 Å². The van der Waals surface area contributed by atoms with Gasteiger partial charge in [0.05, 0.1) is 5.25 Å². The predicted octanol–water partition coefficient (Wildman–Crippen LogP) is 4.67. The molecule has 0 bridgehead atoms. The fourth-order valence-electron chi connectivity index (χ4n) is 2.68. The Bertz CT molecular complexity index is 668. The molecule has 4 heteroatoms. The largest absolute Gasteiger partial charge is 0.354 e. The minimum absolute atomic E-state index is 0.0900. The van der Waals surface area contributed by atoms with E-state index in [0.29, 0.717) is 5.02 Å². The lowest BCUT2D eigenvalue weighted by molar-refractivity contribution is -0.120. The lowest BCUT2D eigenvalue weighted by atomic mass is 9.96. The van der Waals surface area contributed by atoms with Gasteiger partial charge in [-0.25, -0.2) is 0 Å². The summed E-state index contributed by atoms with van der Waals surface area (Å²) < 4.78 is 0. The summed E-state index contributed by atoms with van der Waals surface area (Å²) >= 11 is 7.44. The van der Waals surface area contributed by atoms with E-state index in [1.54, 1.807) is 11.8 Å². The van der Waals surface area contributed by atoms with E-state index in [0.717, 1.165) is 24.3 Å². The molecular formula is C19H20ClNOS. The van der Waals surface area contributed by atoms with Crippen LogP contribution in [0.25, 0.3) is 0 Å². The van der Waals surface area contributed by atoms with Crippen LogP contribution in [0.15, 0.2) is 59.5 Å². The van der Waals surface area contributed by atoms with Gasteiger partial charge in [-0.3, -0.25) is 4.79 Å². The van der Waals surface area contributed by atoms with Crippen LogP contribution in [0.3, 0.4) is 0 Å². The average Bonchev–Trinajstić information content (AvgIpc) is 3.37. The smallest absolute Gasteiger partial charge is 0.233 e. The molecule has 0 aliphatic heterocycles. The number of amides is 1. The van der Waals surface area contributed by atoms with Crippen molar-refractivity contribution >= 4 is 29.3 Å². The molecule has 1 atom stereocenters. The van der Waals surface area contributed by atoms with Crippen molar-refractivity contribution in [3.63, 3.8) is 0 Å². The summed E-state index contributed by atoms with van der Waals surface area (Å²) in [5.74, 6) is 0.0900. The molecule has 0 aromatic heterocycles. The van der Waals surface area contributed by atoms with Gasteiger partial charge in [0.25, 0.3) is 0 Å².